The number of fused-ring (bicyclic) bond motifs is 1. The van der Waals surface area contributed by atoms with E-state index < -0.39 is 10.0 Å². The molecule has 8 heteroatoms. The summed E-state index contributed by atoms with van der Waals surface area (Å²) >= 11 is 4.90. The number of sulfonamides is 1. The fourth-order valence-electron chi connectivity index (χ4n) is 2.79. The second kappa shape index (κ2) is 6.59. The highest BCUT2D eigenvalue weighted by Crippen LogP contribution is 2.31. The Morgan fingerprint density at radius 3 is 2.71 bits per heavy atom. The molecule has 3 rings (SSSR count). The number of carbonyl (C=O) groups is 1. The van der Waals surface area contributed by atoms with Crippen LogP contribution in [0.15, 0.2) is 39.0 Å². The van der Waals surface area contributed by atoms with Gasteiger partial charge in [-0.1, -0.05) is 0 Å². The van der Waals surface area contributed by atoms with Gasteiger partial charge in [-0.3, -0.25) is 4.79 Å². The molecule has 0 N–H and O–H groups in total. The molecule has 0 fully saturated rings. The van der Waals surface area contributed by atoms with Crippen molar-refractivity contribution in [2.24, 2.45) is 0 Å². The monoisotopic (exact) mass is 428 g/mol. The molecule has 24 heavy (non-hydrogen) atoms. The zero-order valence-electron chi connectivity index (χ0n) is 13.3. The molecule has 0 spiro atoms. The maximum Gasteiger partial charge on any atom is 0.243 e. The van der Waals surface area contributed by atoms with Crippen molar-refractivity contribution in [3.05, 3.63) is 44.6 Å². The maximum absolute atomic E-state index is 12.8. The lowest BCUT2D eigenvalue weighted by Crippen LogP contribution is -2.26. The molecular formula is C16H17BrN2O3S2. The molecule has 1 aliphatic heterocycles. The number of amides is 1. The summed E-state index contributed by atoms with van der Waals surface area (Å²) in [6, 6.07) is 8.82. The van der Waals surface area contributed by atoms with Crippen molar-refractivity contribution in [2.45, 2.75) is 24.8 Å². The normalized spacial score (nSPS) is 14.2. The standard InChI is InChI=1S/C16H17BrN2O3S2/c1-11(20)19-8-7-12-9-14(4-5-15(12)19)24(21,22)18(2)10-13-3-6-16(17)23-13/h3-6,9H,7-8,10H2,1-2H3. The minimum Gasteiger partial charge on any atom is -0.312 e. The van der Waals surface area contributed by atoms with E-state index in [1.54, 1.807) is 30.1 Å². The average Bonchev–Trinajstić information content (AvgIpc) is 3.12. The van der Waals surface area contributed by atoms with E-state index in [9.17, 15) is 13.2 Å². The predicted molar refractivity (Wildman–Crippen MR) is 98.8 cm³/mol. The molecule has 1 aliphatic rings. The van der Waals surface area contributed by atoms with E-state index in [0.29, 0.717) is 19.5 Å². The quantitative estimate of drug-likeness (QED) is 0.750. The van der Waals surface area contributed by atoms with E-state index in [-0.39, 0.29) is 10.8 Å². The molecule has 2 heterocycles. The molecule has 0 atom stereocenters. The lowest BCUT2D eigenvalue weighted by molar-refractivity contribution is -0.116. The first-order chi connectivity index (χ1) is 11.3. The van der Waals surface area contributed by atoms with E-state index in [2.05, 4.69) is 15.9 Å². The van der Waals surface area contributed by atoms with E-state index in [4.69, 9.17) is 0 Å². The summed E-state index contributed by atoms with van der Waals surface area (Å²) in [6.07, 6.45) is 0.680. The lowest BCUT2D eigenvalue weighted by Gasteiger charge is -2.18. The SMILES string of the molecule is CC(=O)N1CCc2cc(S(=O)(=O)N(C)Cc3ccc(Br)s3)ccc21. The molecule has 1 amide bonds. The first-order valence-corrected chi connectivity index (χ1v) is 10.5. The van der Waals surface area contributed by atoms with E-state index in [0.717, 1.165) is 19.9 Å². The minimum absolute atomic E-state index is 0.0234. The van der Waals surface area contributed by atoms with Crippen LogP contribution in [0.2, 0.25) is 0 Å². The number of rotatable bonds is 4. The van der Waals surface area contributed by atoms with Gasteiger partial charge in [-0.15, -0.1) is 11.3 Å². The third-order valence-corrected chi connectivity index (χ3v) is 7.45. The van der Waals surface area contributed by atoms with Crippen LogP contribution < -0.4 is 4.90 Å². The minimum atomic E-state index is -3.57. The highest BCUT2D eigenvalue weighted by atomic mass is 79.9. The van der Waals surface area contributed by atoms with Crippen LogP contribution in [0.5, 0.6) is 0 Å². The summed E-state index contributed by atoms with van der Waals surface area (Å²) in [5, 5.41) is 0. The van der Waals surface area contributed by atoms with Crippen LogP contribution in [0.4, 0.5) is 5.69 Å². The molecule has 0 unspecified atom stereocenters. The van der Waals surface area contributed by atoms with Crippen molar-refractivity contribution in [1.82, 2.24) is 4.31 Å². The Bertz CT molecular complexity index is 892. The first kappa shape index (κ1) is 17.6. The van der Waals surface area contributed by atoms with Crippen molar-refractivity contribution >= 4 is 48.9 Å². The molecular weight excluding hydrogens is 412 g/mol. The van der Waals surface area contributed by atoms with Crippen LogP contribution >= 0.6 is 27.3 Å². The Kier molecular flexibility index (Phi) is 4.83. The predicted octanol–water partition coefficient (Wildman–Crippen LogP) is 3.24. The van der Waals surface area contributed by atoms with E-state index >= 15 is 0 Å². The maximum atomic E-state index is 12.8. The van der Waals surface area contributed by atoms with Crippen LogP contribution in [-0.4, -0.2) is 32.2 Å². The third-order valence-electron chi connectivity index (χ3n) is 4.04. The highest BCUT2D eigenvalue weighted by Gasteiger charge is 2.27. The molecule has 0 saturated heterocycles. The average molecular weight is 429 g/mol. The molecule has 1 aromatic heterocycles. The van der Waals surface area contributed by atoms with Gasteiger partial charge in [-0.25, -0.2) is 8.42 Å². The largest absolute Gasteiger partial charge is 0.312 e. The van der Waals surface area contributed by atoms with Gasteiger partial charge < -0.3 is 4.90 Å². The van der Waals surface area contributed by atoms with Crippen LogP contribution in [0.3, 0.4) is 0 Å². The summed E-state index contributed by atoms with van der Waals surface area (Å²) in [4.78, 5) is 14.5. The molecule has 5 nitrogen and oxygen atoms in total. The van der Waals surface area contributed by atoms with Gasteiger partial charge in [-0.2, -0.15) is 4.31 Å². The summed E-state index contributed by atoms with van der Waals surface area (Å²) in [6.45, 7) is 2.45. The molecule has 0 saturated carbocycles. The van der Waals surface area contributed by atoms with Crippen molar-refractivity contribution in [2.75, 3.05) is 18.5 Å². The second-order valence-corrected chi connectivity index (χ2v) is 10.3. The third kappa shape index (κ3) is 3.28. The Hall–Kier alpha value is -1.22. The zero-order valence-corrected chi connectivity index (χ0v) is 16.5. The second-order valence-electron chi connectivity index (χ2n) is 5.68. The number of hydrogen-bond donors (Lipinski definition) is 0. The van der Waals surface area contributed by atoms with Crippen molar-refractivity contribution in [1.29, 1.82) is 0 Å². The number of carbonyl (C=O) groups excluding carboxylic acids is 1. The summed E-state index contributed by atoms with van der Waals surface area (Å²) < 4.78 is 27.9. The number of benzene rings is 1. The van der Waals surface area contributed by atoms with Gasteiger partial charge in [0.15, 0.2) is 0 Å². The van der Waals surface area contributed by atoms with Crippen LogP contribution in [0.1, 0.15) is 17.4 Å². The Morgan fingerprint density at radius 1 is 1.33 bits per heavy atom. The number of thiophene rings is 1. The molecule has 1 aromatic carbocycles. The van der Waals surface area contributed by atoms with Gasteiger partial charge in [0.25, 0.3) is 0 Å². The molecule has 0 radical (unpaired) electrons. The lowest BCUT2D eigenvalue weighted by atomic mass is 10.2. The van der Waals surface area contributed by atoms with Crippen molar-refractivity contribution in [3.63, 3.8) is 0 Å². The Labute approximate surface area is 154 Å². The number of hydrogen-bond acceptors (Lipinski definition) is 4. The summed E-state index contributed by atoms with van der Waals surface area (Å²) in [5.74, 6) is -0.0234. The van der Waals surface area contributed by atoms with Gasteiger partial charge in [-0.05, 0) is 58.2 Å². The zero-order chi connectivity index (χ0) is 17.5. The van der Waals surface area contributed by atoms with Crippen molar-refractivity contribution in [3.8, 4) is 0 Å². The number of halogens is 1. The Balaban J connectivity index is 1.86. The van der Waals surface area contributed by atoms with Gasteiger partial charge in [0.1, 0.15) is 0 Å². The summed E-state index contributed by atoms with van der Waals surface area (Å²) in [7, 11) is -1.98. The van der Waals surface area contributed by atoms with E-state index in [1.807, 2.05) is 12.1 Å². The van der Waals surface area contributed by atoms with E-state index in [1.165, 1.54) is 22.6 Å². The first-order valence-electron chi connectivity index (χ1n) is 7.40. The summed E-state index contributed by atoms with van der Waals surface area (Å²) in [5.41, 5.74) is 1.71. The fraction of sp³-hybridized carbons (Fsp3) is 0.312. The molecule has 0 bridgehead atoms. The molecule has 128 valence electrons. The molecule has 2 aromatic rings. The fourth-order valence-corrected chi connectivity index (χ4v) is 5.61. The van der Waals surface area contributed by atoms with Gasteiger partial charge in [0.05, 0.1) is 8.68 Å². The highest BCUT2D eigenvalue weighted by molar-refractivity contribution is 9.11. The Morgan fingerprint density at radius 2 is 2.08 bits per heavy atom. The van der Waals surface area contributed by atoms with Gasteiger partial charge in [0.2, 0.25) is 15.9 Å². The number of nitrogens with zero attached hydrogens (tertiary/aromatic N) is 2. The molecule has 0 aliphatic carbocycles. The smallest absolute Gasteiger partial charge is 0.243 e. The van der Waals surface area contributed by atoms with Crippen LogP contribution in [0.25, 0.3) is 0 Å². The van der Waals surface area contributed by atoms with Crippen molar-refractivity contribution < 1.29 is 13.2 Å². The van der Waals surface area contributed by atoms with Gasteiger partial charge >= 0.3 is 0 Å². The topological polar surface area (TPSA) is 57.7 Å². The number of anilines is 1. The van der Waals surface area contributed by atoms with Gasteiger partial charge in [0, 0.05) is 37.6 Å². The van der Waals surface area contributed by atoms with Crippen LogP contribution in [0, 0.1) is 0 Å². The van der Waals surface area contributed by atoms with Crippen LogP contribution in [-0.2, 0) is 27.8 Å².